The molecule has 6 rings (SSSR count). The van der Waals surface area contributed by atoms with Crippen LogP contribution in [0.3, 0.4) is 0 Å². The number of aliphatic hydroxyl groups excluding tert-OH is 2. The number of benzene rings is 3. The molecular weight excluding hydrogens is 588 g/mol. The molecule has 0 aliphatic carbocycles. The summed E-state index contributed by atoms with van der Waals surface area (Å²) >= 11 is 0. The zero-order chi connectivity index (χ0) is 31.9. The van der Waals surface area contributed by atoms with Gasteiger partial charge >= 0.3 is 0 Å². The number of imide groups is 1. The maximum atomic E-state index is 12.8. The van der Waals surface area contributed by atoms with Crippen LogP contribution < -0.4 is 9.64 Å². The molecule has 13 heteroatoms. The number of aromatic nitrogens is 4. The summed E-state index contributed by atoms with van der Waals surface area (Å²) in [5, 5.41) is 27.3. The van der Waals surface area contributed by atoms with Crippen molar-refractivity contribution in [1.82, 2.24) is 24.4 Å². The fraction of sp³-hybridized carbons (Fsp3) is 0.242. The van der Waals surface area contributed by atoms with Gasteiger partial charge < -0.3 is 24.4 Å². The maximum Gasteiger partial charge on any atom is 0.274 e. The molecule has 0 unspecified atom stereocenters. The van der Waals surface area contributed by atoms with Gasteiger partial charge in [0.1, 0.15) is 6.61 Å². The lowest BCUT2D eigenvalue weighted by atomic mass is 10.1. The van der Waals surface area contributed by atoms with E-state index in [9.17, 15) is 19.8 Å². The van der Waals surface area contributed by atoms with E-state index in [1.165, 1.54) is 4.90 Å². The van der Waals surface area contributed by atoms with E-state index in [0.29, 0.717) is 54.0 Å². The first-order valence-electron chi connectivity index (χ1n) is 14.9. The number of azo groups is 1. The van der Waals surface area contributed by atoms with Crippen molar-refractivity contribution in [2.24, 2.45) is 10.2 Å². The van der Waals surface area contributed by atoms with Crippen molar-refractivity contribution >= 4 is 40.3 Å². The largest absolute Gasteiger partial charge is 0.471 e. The molecule has 0 spiro atoms. The standard InChI is InChI=1S/C33H32N8O5/c42-19-17-39(18-20-43)25-13-11-24(12-14-25)37-38-33-35-29-28(30(36-33)46-21-23-7-2-1-3-8-23)34-22-40(29)15-6-16-41-31(44)26-9-4-5-10-27(26)32(41)45/h1-5,7-14,22,42-43H,6,15-21H2. The number of fused-ring (bicyclic) bond motifs is 2. The first-order chi connectivity index (χ1) is 22.6. The Kier molecular flexibility index (Phi) is 9.32. The summed E-state index contributed by atoms with van der Waals surface area (Å²) in [6, 6.07) is 23.7. The van der Waals surface area contributed by atoms with Crippen molar-refractivity contribution < 1.29 is 24.5 Å². The van der Waals surface area contributed by atoms with Crippen LogP contribution in [-0.2, 0) is 13.2 Å². The quantitative estimate of drug-likeness (QED) is 0.136. The number of hydrogen-bond donors (Lipinski definition) is 2. The lowest BCUT2D eigenvalue weighted by molar-refractivity contribution is 0.0651. The van der Waals surface area contributed by atoms with Crippen LogP contribution >= 0.6 is 0 Å². The van der Waals surface area contributed by atoms with Gasteiger partial charge in [0, 0.05) is 31.9 Å². The number of imidazole rings is 1. The van der Waals surface area contributed by atoms with Gasteiger partial charge in [0.2, 0.25) is 5.88 Å². The van der Waals surface area contributed by atoms with E-state index in [0.717, 1.165) is 11.3 Å². The molecule has 3 heterocycles. The zero-order valence-corrected chi connectivity index (χ0v) is 24.9. The molecule has 0 bridgehead atoms. The topological polar surface area (TPSA) is 159 Å². The van der Waals surface area contributed by atoms with E-state index >= 15 is 0 Å². The summed E-state index contributed by atoms with van der Waals surface area (Å²) < 4.78 is 7.89. The third-order valence-corrected chi connectivity index (χ3v) is 7.51. The molecule has 13 nitrogen and oxygen atoms in total. The van der Waals surface area contributed by atoms with Gasteiger partial charge in [-0.05, 0) is 48.4 Å². The molecule has 5 aromatic rings. The smallest absolute Gasteiger partial charge is 0.274 e. The minimum absolute atomic E-state index is 0.0324. The van der Waals surface area contributed by atoms with Gasteiger partial charge in [0.25, 0.3) is 17.8 Å². The summed E-state index contributed by atoms with van der Waals surface area (Å²) in [6.45, 7) is 1.65. The number of amides is 2. The number of aliphatic hydroxyl groups is 2. The van der Waals surface area contributed by atoms with Crippen molar-refractivity contribution in [3.63, 3.8) is 0 Å². The number of hydrogen-bond acceptors (Lipinski definition) is 11. The van der Waals surface area contributed by atoms with Gasteiger partial charge in [-0.15, -0.1) is 10.2 Å². The van der Waals surface area contributed by atoms with Crippen molar-refractivity contribution in [3.05, 3.63) is 102 Å². The number of rotatable bonds is 14. The lowest BCUT2D eigenvalue weighted by Crippen LogP contribution is -2.31. The minimum Gasteiger partial charge on any atom is -0.471 e. The highest BCUT2D eigenvalue weighted by atomic mass is 16.5. The molecule has 2 aromatic heterocycles. The first-order valence-corrected chi connectivity index (χ1v) is 14.9. The van der Waals surface area contributed by atoms with E-state index in [-0.39, 0.29) is 50.0 Å². The molecule has 0 radical (unpaired) electrons. The third kappa shape index (κ3) is 6.60. The second-order valence-electron chi connectivity index (χ2n) is 10.5. The SMILES string of the molecule is O=C1c2ccccc2C(=O)N1CCCn1cnc2c(OCc3ccccc3)nc(N=Nc3ccc(N(CCO)CCO)cc3)nc21. The van der Waals surface area contributed by atoms with Gasteiger partial charge in [-0.3, -0.25) is 14.5 Å². The molecule has 2 amide bonds. The molecule has 0 saturated heterocycles. The Morgan fingerprint density at radius 1 is 0.783 bits per heavy atom. The van der Waals surface area contributed by atoms with Crippen LogP contribution in [0.5, 0.6) is 5.88 Å². The lowest BCUT2D eigenvalue weighted by Gasteiger charge is -2.22. The normalized spacial score (nSPS) is 12.8. The van der Waals surface area contributed by atoms with Gasteiger partial charge in [-0.1, -0.05) is 42.5 Å². The number of carbonyl (C=O) groups is 2. The minimum atomic E-state index is -0.291. The Hall–Kier alpha value is -5.53. The molecule has 0 fully saturated rings. The van der Waals surface area contributed by atoms with Crippen LogP contribution in [0, 0.1) is 0 Å². The van der Waals surface area contributed by atoms with Crippen molar-refractivity contribution in [1.29, 1.82) is 0 Å². The number of aryl methyl sites for hydroxylation is 1. The van der Waals surface area contributed by atoms with Crippen LogP contribution in [0.4, 0.5) is 17.3 Å². The molecule has 1 aliphatic heterocycles. The van der Waals surface area contributed by atoms with Crippen LogP contribution in [0.2, 0.25) is 0 Å². The molecular formula is C33H32N8O5. The summed E-state index contributed by atoms with van der Waals surface area (Å²) in [7, 11) is 0. The average molecular weight is 621 g/mol. The Morgan fingerprint density at radius 2 is 1.46 bits per heavy atom. The highest BCUT2D eigenvalue weighted by Gasteiger charge is 2.34. The van der Waals surface area contributed by atoms with Crippen LogP contribution in [0.25, 0.3) is 11.2 Å². The second-order valence-corrected chi connectivity index (χ2v) is 10.5. The highest BCUT2D eigenvalue weighted by molar-refractivity contribution is 6.21. The molecule has 0 atom stereocenters. The Morgan fingerprint density at radius 3 is 2.13 bits per heavy atom. The Bertz CT molecular complexity index is 1820. The van der Waals surface area contributed by atoms with E-state index in [2.05, 4.69) is 25.2 Å². The van der Waals surface area contributed by atoms with Gasteiger partial charge in [-0.25, -0.2) is 4.98 Å². The maximum absolute atomic E-state index is 12.8. The summed E-state index contributed by atoms with van der Waals surface area (Å²) in [4.78, 5) is 42.3. The molecule has 234 valence electrons. The third-order valence-electron chi connectivity index (χ3n) is 7.51. The van der Waals surface area contributed by atoms with Gasteiger partial charge in [0.05, 0.1) is 36.4 Å². The summed E-state index contributed by atoms with van der Waals surface area (Å²) in [5.74, 6) is -0.259. The molecule has 1 aliphatic rings. The first kappa shape index (κ1) is 30.5. The fourth-order valence-electron chi connectivity index (χ4n) is 5.23. The van der Waals surface area contributed by atoms with Gasteiger partial charge in [-0.2, -0.15) is 9.97 Å². The highest BCUT2D eigenvalue weighted by Crippen LogP contribution is 2.28. The zero-order valence-electron chi connectivity index (χ0n) is 24.9. The Labute approximate surface area is 264 Å². The summed E-state index contributed by atoms with van der Waals surface area (Å²) in [6.07, 6.45) is 2.11. The predicted octanol–water partition coefficient (Wildman–Crippen LogP) is 4.30. The number of carbonyl (C=O) groups excluding carboxylic acids is 2. The fourth-order valence-corrected chi connectivity index (χ4v) is 5.23. The van der Waals surface area contributed by atoms with Crippen LogP contribution in [0.1, 0.15) is 32.7 Å². The van der Waals surface area contributed by atoms with E-state index in [1.54, 1.807) is 42.7 Å². The summed E-state index contributed by atoms with van der Waals surface area (Å²) in [5.41, 5.74) is 4.12. The van der Waals surface area contributed by atoms with Crippen molar-refractivity contribution in [2.75, 3.05) is 37.7 Å². The Balaban J connectivity index is 1.22. The monoisotopic (exact) mass is 620 g/mol. The van der Waals surface area contributed by atoms with E-state index < -0.39 is 0 Å². The van der Waals surface area contributed by atoms with Crippen LogP contribution in [0.15, 0.2) is 95.4 Å². The van der Waals surface area contributed by atoms with Crippen molar-refractivity contribution in [3.8, 4) is 5.88 Å². The number of anilines is 1. The van der Waals surface area contributed by atoms with E-state index in [4.69, 9.17) is 4.74 Å². The van der Waals surface area contributed by atoms with E-state index in [1.807, 2.05) is 51.9 Å². The number of ether oxygens (including phenoxy) is 1. The van der Waals surface area contributed by atoms with Crippen LogP contribution in [-0.4, -0.2) is 79.3 Å². The average Bonchev–Trinajstić information content (AvgIpc) is 3.61. The van der Waals surface area contributed by atoms with Gasteiger partial charge in [0.15, 0.2) is 11.2 Å². The number of nitrogens with zero attached hydrogens (tertiary/aromatic N) is 8. The molecule has 2 N–H and O–H groups in total. The van der Waals surface area contributed by atoms with Crippen molar-refractivity contribution in [2.45, 2.75) is 19.6 Å². The second kappa shape index (κ2) is 14.1. The molecule has 3 aromatic carbocycles. The predicted molar refractivity (Wildman–Crippen MR) is 170 cm³/mol. The molecule has 46 heavy (non-hydrogen) atoms. The molecule has 0 saturated carbocycles.